The minimum absolute atomic E-state index is 0.161. The fourth-order valence-electron chi connectivity index (χ4n) is 4.54. The summed E-state index contributed by atoms with van der Waals surface area (Å²) < 4.78 is 6.23. The normalized spacial score (nSPS) is 24.7. The second-order valence-electron chi connectivity index (χ2n) is 8.01. The molecule has 1 N–H and O–H groups in total. The fourth-order valence-corrected chi connectivity index (χ4v) is 5.90. The summed E-state index contributed by atoms with van der Waals surface area (Å²) in [6.07, 6.45) is 5.21. The molecule has 2 aliphatic carbocycles. The first kappa shape index (κ1) is 20.7. The number of amides is 1. The van der Waals surface area contributed by atoms with Gasteiger partial charge < -0.3 is 10.1 Å². The third kappa shape index (κ3) is 5.29. The molecule has 0 aliphatic heterocycles. The molecule has 1 aromatic carbocycles. The highest BCUT2D eigenvalue weighted by Gasteiger charge is 2.42. The molecule has 2 saturated carbocycles. The van der Waals surface area contributed by atoms with Crippen molar-refractivity contribution in [1.82, 2.24) is 5.32 Å². The average molecular weight is 454 g/mol. The van der Waals surface area contributed by atoms with Gasteiger partial charge in [0.05, 0.1) is 5.75 Å². The first-order valence-electron chi connectivity index (χ1n) is 9.68. The van der Waals surface area contributed by atoms with E-state index in [1.807, 2.05) is 19.9 Å². The number of ether oxygens (including phenoxy) is 1. The highest BCUT2D eigenvalue weighted by Crippen LogP contribution is 2.49. The van der Waals surface area contributed by atoms with Gasteiger partial charge in [-0.15, -0.1) is 11.8 Å². The number of carbonyl (C=O) groups excluding carboxylic acids is 2. The molecule has 2 aliphatic rings. The second kappa shape index (κ2) is 8.99. The zero-order valence-electron chi connectivity index (χ0n) is 16.2. The molecule has 148 valence electrons. The first-order valence-corrected chi connectivity index (χ1v) is 11.5. The van der Waals surface area contributed by atoms with Gasteiger partial charge in [-0.2, -0.15) is 0 Å². The molecule has 6 heteroatoms. The lowest BCUT2D eigenvalue weighted by Gasteiger charge is -2.28. The van der Waals surface area contributed by atoms with Crippen LogP contribution in [0.25, 0.3) is 0 Å². The van der Waals surface area contributed by atoms with E-state index in [1.165, 1.54) is 37.4 Å². The predicted molar refractivity (Wildman–Crippen MR) is 112 cm³/mol. The monoisotopic (exact) mass is 453 g/mol. The van der Waals surface area contributed by atoms with E-state index >= 15 is 0 Å². The molecule has 0 saturated heterocycles. The minimum atomic E-state index is -0.359. The molecule has 0 radical (unpaired) electrons. The summed E-state index contributed by atoms with van der Waals surface area (Å²) in [7, 11) is 0. The number of thioether (sulfide) groups is 1. The summed E-state index contributed by atoms with van der Waals surface area (Å²) in [4.78, 5) is 25.2. The topological polar surface area (TPSA) is 55.4 Å². The SMILES string of the molecule is Cc1cc(SCC(=O)OCC(=O)N[C@@H](C)[C@@H]2C[C@@H]3CC[C@@H]2C3)c(C)cc1Br. The maximum Gasteiger partial charge on any atom is 0.316 e. The highest BCUT2D eigenvalue weighted by atomic mass is 79.9. The zero-order valence-corrected chi connectivity index (χ0v) is 18.6. The lowest BCUT2D eigenvalue weighted by atomic mass is 9.84. The Morgan fingerprint density at radius 1 is 1.26 bits per heavy atom. The summed E-state index contributed by atoms with van der Waals surface area (Å²) in [6, 6.07) is 4.27. The predicted octanol–water partition coefficient (Wildman–Crippen LogP) is 4.64. The van der Waals surface area contributed by atoms with Crippen molar-refractivity contribution < 1.29 is 14.3 Å². The van der Waals surface area contributed by atoms with E-state index in [0.717, 1.165) is 32.3 Å². The van der Waals surface area contributed by atoms with Gasteiger partial charge in [0.25, 0.3) is 5.91 Å². The molecule has 27 heavy (non-hydrogen) atoms. The molecule has 0 unspecified atom stereocenters. The third-order valence-electron chi connectivity index (χ3n) is 5.99. The number of aryl methyl sites for hydroxylation is 2. The van der Waals surface area contributed by atoms with E-state index in [9.17, 15) is 9.59 Å². The number of halogens is 1. The summed E-state index contributed by atoms with van der Waals surface area (Å²) >= 11 is 4.96. The number of rotatable bonds is 7. The minimum Gasteiger partial charge on any atom is -0.455 e. The van der Waals surface area contributed by atoms with E-state index in [4.69, 9.17) is 4.74 Å². The Labute approximate surface area is 174 Å². The Morgan fingerprint density at radius 3 is 2.70 bits per heavy atom. The molecule has 4 atom stereocenters. The van der Waals surface area contributed by atoms with Crippen molar-refractivity contribution in [2.75, 3.05) is 12.4 Å². The van der Waals surface area contributed by atoms with E-state index in [1.54, 1.807) is 0 Å². The van der Waals surface area contributed by atoms with Crippen molar-refractivity contribution in [3.63, 3.8) is 0 Å². The van der Waals surface area contributed by atoms with Crippen LogP contribution in [0.4, 0.5) is 0 Å². The summed E-state index contributed by atoms with van der Waals surface area (Å²) in [6.45, 7) is 5.93. The maximum atomic E-state index is 12.1. The maximum absolute atomic E-state index is 12.1. The van der Waals surface area contributed by atoms with Crippen LogP contribution in [0.3, 0.4) is 0 Å². The molecular formula is C21H28BrNO3S. The number of hydrogen-bond acceptors (Lipinski definition) is 4. The van der Waals surface area contributed by atoms with Crippen LogP contribution in [-0.4, -0.2) is 30.3 Å². The molecule has 2 bridgehead atoms. The largest absolute Gasteiger partial charge is 0.455 e. The number of carbonyl (C=O) groups is 2. The second-order valence-corrected chi connectivity index (χ2v) is 9.88. The fraction of sp³-hybridized carbons (Fsp3) is 0.619. The molecule has 4 nitrogen and oxygen atoms in total. The quantitative estimate of drug-likeness (QED) is 0.482. The van der Waals surface area contributed by atoms with Crippen molar-refractivity contribution in [2.24, 2.45) is 17.8 Å². The number of hydrogen-bond donors (Lipinski definition) is 1. The summed E-state index contributed by atoms with van der Waals surface area (Å²) in [5.74, 6) is 1.86. The van der Waals surface area contributed by atoms with E-state index in [2.05, 4.69) is 34.2 Å². The smallest absolute Gasteiger partial charge is 0.316 e. The van der Waals surface area contributed by atoms with Crippen molar-refractivity contribution in [2.45, 2.75) is 57.4 Å². The lowest BCUT2D eigenvalue weighted by Crippen LogP contribution is -2.42. The van der Waals surface area contributed by atoms with Crippen molar-refractivity contribution in [3.8, 4) is 0 Å². The Balaban J connectivity index is 1.38. The third-order valence-corrected chi connectivity index (χ3v) is 7.97. The van der Waals surface area contributed by atoms with Gasteiger partial charge in [0.15, 0.2) is 6.61 Å². The van der Waals surface area contributed by atoms with Crippen LogP contribution in [0.5, 0.6) is 0 Å². The molecular weight excluding hydrogens is 426 g/mol. The molecule has 3 rings (SSSR count). The Bertz CT molecular complexity index is 724. The van der Waals surface area contributed by atoms with Crippen molar-refractivity contribution in [3.05, 3.63) is 27.7 Å². The Hall–Kier alpha value is -1.01. The molecule has 2 fully saturated rings. The van der Waals surface area contributed by atoms with Crippen LogP contribution < -0.4 is 5.32 Å². The van der Waals surface area contributed by atoms with Gasteiger partial charge in [0.2, 0.25) is 0 Å². The van der Waals surface area contributed by atoms with Gasteiger partial charge in [-0.25, -0.2) is 0 Å². The lowest BCUT2D eigenvalue weighted by molar-refractivity contribution is -0.146. The number of fused-ring (bicyclic) bond motifs is 2. The number of nitrogens with one attached hydrogen (secondary N) is 1. The van der Waals surface area contributed by atoms with Crippen LogP contribution in [0, 0.1) is 31.6 Å². The van der Waals surface area contributed by atoms with Gasteiger partial charge in [0, 0.05) is 15.4 Å². The van der Waals surface area contributed by atoms with Crippen LogP contribution in [0.15, 0.2) is 21.5 Å². The van der Waals surface area contributed by atoms with Crippen LogP contribution >= 0.6 is 27.7 Å². The van der Waals surface area contributed by atoms with E-state index < -0.39 is 0 Å². The van der Waals surface area contributed by atoms with Gasteiger partial charge in [-0.1, -0.05) is 22.4 Å². The van der Waals surface area contributed by atoms with Gasteiger partial charge >= 0.3 is 5.97 Å². The molecule has 0 heterocycles. The van der Waals surface area contributed by atoms with Crippen molar-refractivity contribution >= 4 is 39.6 Å². The number of benzene rings is 1. The highest BCUT2D eigenvalue weighted by molar-refractivity contribution is 9.10. The summed E-state index contributed by atoms with van der Waals surface area (Å²) in [5.41, 5.74) is 2.24. The van der Waals surface area contributed by atoms with E-state index in [-0.39, 0.29) is 30.3 Å². The Kier molecular flexibility index (Phi) is 6.90. The van der Waals surface area contributed by atoms with Crippen molar-refractivity contribution in [1.29, 1.82) is 0 Å². The van der Waals surface area contributed by atoms with E-state index in [0.29, 0.717) is 5.92 Å². The van der Waals surface area contributed by atoms with Gasteiger partial charge in [-0.3, -0.25) is 9.59 Å². The van der Waals surface area contributed by atoms with Crippen LogP contribution in [0.1, 0.15) is 43.7 Å². The van der Waals surface area contributed by atoms with Crippen LogP contribution in [0.2, 0.25) is 0 Å². The molecule has 1 aromatic rings. The number of esters is 1. The van der Waals surface area contributed by atoms with Gasteiger partial charge in [0.1, 0.15) is 0 Å². The van der Waals surface area contributed by atoms with Crippen LogP contribution in [-0.2, 0) is 14.3 Å². The Morgan fingerprint density at radius 2 is 2.04 bits per heavy atom. The summed E-state index contributed by atoms with van der Waals surface area (Å²) in [5, 5.41) is 3.03. The first-order chi connectivity index (χ1) is 12.8. The molecule has 1 amide bonds. The average Bonchev–Trinajstić information content (AvgIpc) is 3.25. The van der Waals surface area contributed by atoms with Gasteiger partial charge in [-0.05, 0) is 81.0 Å². The zero-order chi connectivity index (χ0) is 19.6. The molecule has 0 spiro atoms. The standard InChI is InChI=1S/C21H28BrNO3S/c1-12-7-19(13(2)6-18(12)22)27-11-21(25)26-10-20(24)23-14(3)17-9-15-4-5-16(17)8-15/h6-7,14-17H,4-5,8-11H2,1-3H3,(H,23,24)/t14-,15+,16+,17-/m0/s1. The molecule has 0 aromatic heterocycles.